The minimum atomic E-state index is -3.86. The van der Waals surface area contributed by atoms with Gasteiger partial charge >= 0.3 is 5.97 Å². The largest absolute Gasteiger partial charge is 0.480 e. The van der Waals surface area contributed by atoms with Crippen molar-refractivity contribution >= 4 is 16.0 Å². The van der Waals surface area contributed by atoms with Crippen molar-refractivity contribution in [3.05, 3.63) is 0 Å². The zero-order chi connectivity index (χ0) is 12.3. The van der Waals surface area contributed by atoms with Crippen LogP contribution in [0.3, 0.4) is 0 Å². The molecule has 0 saturated heterocycles. The highest BCUT2D eigenvalue weighted by Gasteiger charge is 2.40. The minimum Gasteiger partial charge on any atom is -0.480 e. The summed E-state index contributed by atoms with van der Waals surface area (Å²) in [6.45, 7) is 1.57. The van der Waals surface area contributed by atoms with Crippen molar-refractivity contribution in [2.75, 3.05) is 0 Å². The zero-order valence-corrected chi connectivity index (χ0v) is 9.70. The van der Waals surface area contributed by atoms with Crippen molar-refractivity contribution in [1.82, 2.24) is 4.72 Å². The van der Waals surface area contributed by atoms with E-state index in [0.29, 0.717) is 12.8 Å². The van der Waals surface area contributed by atoms with Gasteiger partial charge in [0.1, 0.15) is 6.04 Å². The topological polar surface area (TPSA) is 107 Å². The first-order valence-corrected chi connectivity index (χ1v) is 6.60. The maximum atomic E-state index is 11.6. The van der Waals surface area contributed by atoms with E-state index in [2.05, 4.69) is 4.72 Å². The SMILES string of the molecule is CCC(C#N)S(=O)(=O)NC(C(=O)O)C1CC1. The van der Waals surface area contributed by atoms with Crippen LogP contribution < -0.4 is 4.72 Å². The van der Waals surface area contributed by atoms with Gasteiger partial charge in [-0.2, -0.15) is 9.98 Å². The Morgan fingerprint density at radius 3 is 2.50 bits per heavy atom. The fraction of sp³-hybridized carbons (Fsp3) is 0.778. The third-order valence-electron chi connectivity index (χ3n) is 2.54. The summed E-state index contributed by atoms with van der Waals surface area (Å²) >= 11 is 0. The Bertz CT molecular complexity index is 408. The van der Waals surface area contributed by atoms with Crippen LogP contribution in [0.2, 0.25) is 0 Å². The molecule has 0 aromatic carbocycles. The predicted molar refractivity (Wildman–Crippen MR) is 55.9 cm³/mol. The number of carboxylic acid groups (broad SMARTS) is 1. The number of rotatable bonds is 6. The van der Waals surface area contributed by atoms with Gasteiger partial charge < -0.3 is 5.11 Å². The van der Waals surface area contributed by atoms with E-state index in [9.17, 15) is 13.2 Å². The molecule has 0 aliphatic heterocycles. The molecule has 1 saturated carbocycles. The van der Waals surface area contributed by atoms with Crippen LogP contribution in [0.1, 0.15) is 26.2 Å². The highest BCUT2D eigenvalue weighted by Crippen LogP contribution is 2.33. The molecule has 0 aromatic heterocycles. The molecule has 1 rings (SSSR count). The first kappa shape index (κ1) is 12.9. The molecule has 0 bridgehead atoms. The molecular weight excluding hydrogens is 232 g/mol. The molecule has 0 amide bonds. The van der Waals surface area contributed by atoms with Crippen LogP contribution in [0.25, 0.3) is 0 Å². The molecule has 2 atom stereocenters. The molecule has 7 heteroatoms. The van der Waals surface area contributed by atoms with Gasteiger partial charge in [0, 0.05) is 0 Å². The molecule has 6 nitrogen and oxygen atoms in total. The fourth-order valence-corrected chi connectivity index (χ4v) is 2.81. The monoisotopic (exact) mass is 246 g/mol. The van der Waals surface area contributed by atoms with E-state index in [1.807, 2.05) is 0 Å². The van der Waals surface area contributed by atoms with E-state index in [1.54, 1.807) is 13.0 Å². The second-order valence-corrected chi connectivity index (χ2v) is 5.74. The van der Waals surface area contributed by atoms with Gasteiger partial charge in [-0.05, 0) is 25.2 Å². The van der Waals surface area contributed by atoms with Crippen LogP contribution >= 0.6 is 0 Å². The van der Waals surface area contributed by atoms with Gasteiger partial charge in [-0.15, -0.1) is 0 Å². The first-order valence-electron chi connectivity index (χ1n) is 5.06. The number of hydrogen-bond donors (Lipinski definition) is 2. The van der Waals surface area contributed by atoms with Gasteiger partial charge in [0.25, 0.3) is 0 Å². The summed E-state index contributed by atoms with van der Waals surface area (Å²) in [5, 5.41) is 16.3. The number of nitrogens with zero attached hydrogens (tertiary/aromatic N) is 1. The number of nitrogens with one attached hydrogen (secondary N) is 1. The Labute approximate surface area is 94.3 Å². The average Bonchev–Trinajstić information content (AvgIpc) is 2.98. The molecule has 2 N–H and O–H groups in total. The number of carbonyl (C=O) groups is 1. The first-order chi connectivity index (χ1) is 7.42. The standard InChI is InChI=1S/C9H14N2O4S/c1-2-7(5-10)16(14,15)11-8(9(12)13)6-3-4-6/h6-8,11H,2-4H2,1H3,(H,12,13). The number of nitriles is 1. The highest BCUT2D eigenvalue weighted by molar-refractivity contribution is 7.90. The Balaban J connectivity index is 2.78. The Hall–Kier alpha value is -1.13. The summed E-state index contributed by atoms with van der Waals surface area (Å²) in [7, 11) is -3.86. The van der Waals surface area contributed by atoms with Crippen LogP contribution in [-0.4, -0.2) is 30.8 Å². The zero-order valence-electron chi connectivity index (χ0n) is 8.88. The maximum absolute atomic E-state index is 11.6. The van der Waals surface area contributed by atoms with Crippen LogP contribution in [0, 0.1) is 17.2 Å². The van der Waals surface area contributed by atoms with Crippen LogP contribution in [0.4, 0.5) is 0 Å². The van der Waals surface area contributed by atoms with E-state index < -0.39 is 27.3 Å². The molecule has 1 fully saturated rings. The summed E-state index contributed by atoms with van der Waals surface area (Å²) in [6, 6.07) is 0.562. The van der Waals surface area contributed by atoms with Gasteiger partial charge in [0.15, 0.2) is 5.25 Å². The molecule has 0 heterocycles. The van der Waals surface area contributed by atoms with E-state index in [-0.39, 0.29) is 12.3 Å². The number of aliphatic carboxylic acids is 1. The minimum absolute atomic E-state index is 0.136. The van der Waals surface area contributed by atoms with Crippen molar-refractivity contribution < 1.29 is 18.3 Å². The lowest BCUT2D eigenvalue weighted by molar-refractivity contribution is -0.139. The molecule has 0 spiro atoms. The van der Waals surface area contributed by atoms with Crippen molar-refractivity contribution in [3.63, 3.8) is 0 Å². The summed E-state index contributed by atoms with van der Waals surface area (Å²) in [5.74, 6) is -1.32. The van der Waals surface area contributed by atoms with E-state index in [4.69, 9.17) is 10.4 Å². The van der Waals surface area contributed by atoms with E-state index >= 15 is 0 Å². The quantitative estimate of drug-likeness (QED) is 0.689. The molecule has 90 valence electrons. The Kier molecular flexibility index (Phi) is 3.88. The lowest BCUT2D eigenvalue weighted by Gasteiger charge is -2.15. The van der Waals surface area contributed by atoms with E-state index in [0.717, 1.165) is 0 Å². The predicted octanol–water partition coefficient (Wildman–Crippen LogP) is 0.0712. The molecule has 1 aliphatic carbocycles. The van der Waals surface area contributed by atoms with Crippen molar-refractivity contribution in [3.8, 4) is 6.07 Å². The average molecular weight is 246 g/mol. The number of carboxylic acids is 1. The second-order valence-electron chi connectivity index (χ2n) is 3.84. The molecule has 0 aromatic rings. The van der Waals surface area contributed by atoms with Crippen LogP contribution in [0.5, 0.6) is 0 Å². The van der Waals surface area contributed by atoms with Crippen LogP contribution in [-0.2, 0) is 14.8 Å². The summed E-state index contributed by atoms with van der Waals surface area (Å²) in [6.07, 6.45) is 1.56. The lowest BCUT2D eigenvalue weighted by atomic mass is 10.2. The highest BCUT2D eigenvalue weighted by atomic mass is 32.2. The third-order valence-corrected chi connectivity index (χ3v) is 4.31. The van der Waals surface area contributed by atoms with E-state index in [1.165, 1.54) is 0 Å². The summed E-state index contributed by atoms with van der Waals surface area (Å²) < 4.78 is 25.4. The van der Waals surface area contributed by atoms with Gasteiger partial charge in [0.2, 0.25) is 10.0 Å². The van der Waals surface area contributed by atoms with Gasteiger partial charge in [-0.3, -0.25) is 4.79 Å². The normalized spacial score (nSPS) is 19.8. The van der Waals surface area contributed by atoms with Crippen molar-refractivity contribution in [2.24, 2.45) is 5.92 Å². The molecule has 0 radical (unpaired) electrons. The number of sulfonamides is 1. The van der Waals surface area contributed by atoms with Gasteiger partial charge in [0.05, 0.1) is 6.07 Å². The van der Waals surface area contributed by atoms with Crippen LogP contribution in [0.15, 0.2) is 0 Å². The summed E-state index contributed by atoms with van der Waals surface area (Å²) in [5.41, 5.74) is 0. The van der Waals surface area contributed by atoms with Gasteiger partial charge in [-0.25, -0.2) is 8.42 Å². The maximum Gasteiger partial charge on any atom is 0.322 e. The Morgan fingerprint density at radius 1 is 1.62 bits per heavy atom. The number of hydrogen-bond acceptors (Lipinski definition) is 4. The fourth-order valence-electron chi connectivity index (χ4n) is 1.42. The Morgan fingerprint density at radius 2 is 2.19 bits per heavy atom. The van der Waals surface area contributed by atoms with Crippen molar-refractivity contribution in [2.45, 2.75) is 37.5 Å². The molecule has 16 heavy (non-hydrogen) atoms. The lowest BCUT2D eigenvalue weighted by Crippen LogP contribution is -2.45. The second kappa shape index (κ2) is 4.80. The van der Waals surface area contributed by atoms with Crippen molar-refractivity contribution in [1.29, 1.82) is 5.26 Å². The smallest absolute Gasteiger partial charge is 0.322 e. The summed E-state index contributed by atoms with van der Waals surface area (Å²) in [4.78, 5) is 10.8. The molecule has 2 unspecified atom stereocenters. The third kappa shape index (κ3) is 2.93. The van der Waals surface area contributed by atoms with Gasteiger partial charge in [-0.1, -0.05) is 6.92 Å². The molecular formula is C9H14N2O4S. The molecule has 1 aliphatic rings.